The van der Waals surface area contributed by atoms with Gasteiger partial charge in [-0.2, -0.15) is 8.42 Å². The molecule has 2 heterocycles. The molecule has 2 aliphatic heterocycles. The second kappa shape index (κ2) is 7.68. The third kappa shape index (κ3) is 4.04. The van der Waals surface area contributed by atoms with E-state index in [1.807, 2.05) is 0 Å². The predicted octanol–water partition coefficient (Wildman–Crippen LogP) is 0.168. The van der Waals surface area contributed by atoms with Crippen molar-refractivity contribution in [3.63, 3.8) is 0 Å². The number of hydrogen-bond acceptors (Lipinski definition) is 7. The van der Waals surface area contributed by atoms with Crippen molar-refractivity contribution >= 4 is 39.4 Å². The lowest BCUT2D eigenvalue weighted by Gasteiger charge is -2.27. The van der Waals surface area contributed by atoms with E-state index in [0.717, 1.165) is 4.90 Å². The van der Waals surface area contributed by atoms with Gasteiger partial charge < -0.3 is 5.32 Å². The molecule has 11 heteroatoms. The standard InChI is InChI=1S/C17H19N3O7S/c21-13-7-6-12(15(22)19-13)20-16(23)10-4-3-5-11(14(10)17(20)24)18-8-1-2-9-28(25,26)27/h3-5,12,18H,1-2,6-9H2,(H,19,21,22)(H,25,26,27). The smallest absolute Gasteiger partial charge is 0.264 e. The van der Waals surface area contributed by atoms with Gasteiger partial charge in [0.25, 0.3) is 21.9 Å². The fourth-order valence-electron chi connectivity index (χ4n) is 3.29. The fourth-order valence-corrected chi connectivity index (χ4v) is 3.86. The molecule has 150 valence electrons. The molecular weight excluding hydrogens is 390 g/mol. The minimum absolute atomic E-state index is 0.0443. The highest BCUT2D eigenvalue weighted by atomic mass is 32.2. The molecule has 1 atom stereocenters. The summed E-state index contributed by atoms with van der Waals surface area (Å²) in [4.78, 5) is 49.8. The van der Waals surface area contributed by atoms with Crippen molar-refractivity contribution in [2.24, 2.45) is 0 Å². The number of nitrogens with zero attached hydrogens (tertiary/aromatic N) is 1. The molecule has 1 aromatic rings. The molecule has 1 aromatic carbocycles. The highest BCUT2D eigenvalue weighted by Crippen LogP contribution is 2.32. The van der Waals surface area contributed by atoms with E-state index >= 15 is 0 Å². The van der Waals surface area contributed by atoms with Gasteiger partial charge in [0.2, 0.25) is 11.8 Å². The summed E-state index contributed by atoms with van der Waals surface area (Å²) in [5, 5.41) is 5.13. The van der Waals surface area contributed by atoms with E-state index in [1.165, 1.54) is 6.07 Å². The van der Waals surface area contributed by atoms with Crippen LogP contribution in [-0.4, -0.2) is 59.8 Å². The monoisotopic (exact) mass is 409 g/mol. The summed E-state index contributed by atoms with van der Waals surface area (Å²) < 4.78 is 30.2. The molecule has 4 amide bonds. The number of nitrogens with one attached hydrogen (secondary N) is 2. The van der Waals surface area contributed by atoms with E-state index in [9.17, 15) is 27.6 Å². The zero-order chi connectivity index (χ0) is 20.5. The summed E-state index contributed by atoms with van der Waals surface area (Å²) in [6.07, 6.45) is 0.774. The molecule has 0 saturated carbocycles. The Labute approximate surface area is 161 Å². The Kier molecular flexibility index (Phi) is 5.47. The molecule has 2 aliphatic rings. The number of unbranched alkanes of at least 4 members (excludes halogenated alkanes) is 1. The van der Waals surface area contributed by atoms with Gasteiger partial charge in [-0.05, 0) is 31.4 Å². The van der Waals surface area contributed by atoms with Crippen molar-refractivity contribution in [1.82, 2.24) is 10.2 Å². The average molecular weight is 409 g/mol. The van der Waals surface area contributed by atoms with Gasteiger partial charge in [0.15, 0.2) is 0 Å². The summed E-state index contributed by atoms with van der Waals surface area (Å²) in [7, 11) is -4.02. The summed E-state index contributed by atoms with van der Waals surface area (Å²) in [5.74, 6) is -2.68. The van der Waals surface area contributed by atoms with E-state index in [2.05, 4.69) is 10.6 Å². The number of anilines is 1. The number of hydrogen-bond donors (Lipinski definition) is 3. The second-order valence-corrected chi connectivity index (χ2v) is 8.17. The topological polar surface area (TPSA) is 150 Å². The molecule has 3 rings (SSSR count). The first-order valence-electron chi connectivity index (χ1n) is 8.72. The number of benzene rings is 1. The maximum Gasteiger partial charge on any atom is 0.264 e. The van der Waals surface area contributed by atoms with Crippen LogP contribution in [0.4, 0.5) is 5.69 Å². The molecule has 1 fully saturated rings. The van der Waals surface area contributed by atoms with E-state index in [0.29, 0.717) is 18.7 Å². The highest BCUT2D eigenvalue weighted by Gasteiger charge is 2.45. The third-order valence-electron chi connectivity index (χ3n) is 4.61. The Bertz CT molecular complexity index is 957. The van der Waals surface area contributed by atoms with Gasteiger partial charge in [-0.25, -0.2) is 0 Å². The van der Waals surface area contributed by atoms with Crippen LogP contribution >= 0.6 is 0 Å². The number of amides is 4. The lowest BCUT2D eigenvalue weighted by Crippen LogP contribution is -2.54. The van der Waals surface area contributed by atoms with Crippen molar-refractivity contribution in [2.45, 2.75) is 31.7 Å². The third-order valence-corrected chi connectivity index (χ3v) is 5.42. The Morgan fingerprint density at radius 1 is 1.14 bits per heavy atom. The number of carbonyl (C=O) groups is 4. The first-order chi connectivity index (χ1) is 13.2. The van der Waals surface area contributed by atoms with Gasteiger partial charge >= 0.3 is 0 Å². The van der Waals surface area contributed by atoms with Gasteiger partial charge in [-0.1, -0.05) is 6.07 Å². The van der Waals surface area contributed by atoms with Crippen LogP contribution in [0, 0.1) is 0 Å². The Morgan fingerprint density at radius 2 is 1.89 bits per heavy atom. The number of carbonyl (C=O) groups excluding carboxylic acids is 4. The Morgan fingerprint density at radius 3 is 2.57 bits per heavy atom. The summed E-state index contributed by atoms with van der Waals surface area (Å²) in [6.45, 7) is 0.325. The average Bonchev–Trinajstić information content (AvgIpc) is 2.86. The van der Waals surface area contributed by atoms with Crippen molar-refractivity contribution in [3.8, 4) is 0 Å². The number of fused-ring (bicyclic) bond motifs is 1. The number of rotatable bonds is 7. The molecule has 0 spiro atoms. The molecule has 28 heavy (non-hydrogen) atoms. The molecule has 0 aromatic heterocycles. The normalized spacial score (nSPS) is 19.6. The van der Waals surface area contributed by atoms with Crippen LogP contribution in [0.1, 0.15) is 46.4 Å². The minimum Gasteiger partial charge on any atom is -0.384 e. The van der Waals surface area contributed by atoms with Crippen LogP contribution in [0.3, 0.4) is 0 Å². The first-order valence-corrected chi connectivity index (χ1v) is 10.3. The summed E-state index contributed by atoms with van der Waals surface area (Å²) >= 11 is 0. The van der Waals surface area contributed by atoms with Gasteiger partial charge in [0.1, 0.15) is 6.04 Å². The van der Waals surface area contributed by atoms with Crippen LogP contribution < -0.4 is 10.6 Å². The minimum atomic E-state index is -4.02. The van der Waals surface area contributed by atoms with Crippen LogP contribution in [0.5, 0.6) is 0 Å². The van der Waals surface area contributed by atoms with Gasteiger partial charge in [-0.15, -0.1) is 0 Å². The van der Waals surface area contributed by atoms with Crippen LogP contribution in [0.2, 0.25) is 0 Å². The lowest BCUT2D eigenvalue weighted by atomic mass is 10.0. The van der Waals surface area contributed by atoms with Crippen LogP contribution in [-0.2, 0) is 19.7 Å². The van der Waals surface area contributed by atoms with E-state index in [1.54, 1.807) is 12.1 Å². The van der Waals surface area contributed by atoms with Crippen molar-refractivity contribution < 1.29 is 32.1 Å². The quantitative estimate of drug-likeness (QED) is 0.328. The zero-order valence-corrected chi connectivity index (χ0v) is 15.6. The molecule has 1 saturated heterocycles. The summed E-state index contributed by atoms with van der Waals surface area (Å²) in [6, 6.07) is 3.66. The summed E-state index contributed by atoms with van der Waals surface area (Å²) in [5.41, 5.74) is 0.710. The highest BCUT2D eigenvalue weighted by molar-refractivity contribution is 7.85. The fraction of sp³-hybridized carbons (Fsp3) is 0.412. The molecule has 0 bridgehead atoms. The second-order valence-electron chi connectivity index (χ2n) is 6.60. The first kappa shape index (κ1) is 20.0. The van der Waals surface area contributed by atoms with E-state index in [4.69, 9.17) is 4.55 Å². The number of piperidine rings is 1. The molecule has 3 N–H and O–H groups in total. The Balaban J connectivity index is 1.73. The molecule has 0 radical (unpaired) electrons. The largest absolute Gasteiger partial charge is 0.384 e. The van der Waals surface area contributed by atoms with E-state index in [-0.39, 0.29) is 36.1 Å². The Hall–Kier alpha value is -2.79. The maximum atomic E-state index is 12.9. The molecule has 0 aliphatic carbocycles. The SMILES string of the molecule is O=C1CCC(N2C(=O)c3cccc(NCCCCS(=O)(=O)O)c3C2=O)C(=O)N1. The van der Waals surface area contributed by atoms with Crippen molar-refractivity contribution in [1.29, 1.82) is 0 Å². The number of imide groups is 2. The maximum absolute atomic E-state index is 12.9. The molecular formula is C17H19N3O7S. The van der Waals surface area contributed by atoms with Gasteiger partial charge in [0, 0.05) is 18.7 Å². The zero-order valence-electron chi connectivity index (χ0n) is 14.8. The van der Waals surface area contributed by atoms with Crippen LogP contribution in [0.25, 0.3) is 0 Å². The van der Waals surface area contributed by atoms with Gasteiger partial charge in [0.05, 0.1) is 16.9 Å². The van der Waals surface area contributed by atoms with E-state index < -0.39 is 39.8 Å². The molecule has 1 unspecified atom stereocenters. The molecule has 10 nitrogen and oxygen atoms in total. The van der Waals surface area contributed by atoms with Crippen LogP contribution in [0.15, 0.2) is 18.2 Å². The van der Waals surface area contributed by atoms with Gasteiger partial charge in [-0.3, -0.25) is 33.9 Å². The lowest BCUT2D eigenvalue weighted by molar-refractivity contribution is -0.136. The predicted molar refractivity (Wildman–Crippen MR) is 97.3 cm³/mol. The van der Waals surface area contributed by atoms with Crippen molar-refractivity contribution in [2.75, 3.05) is 17.6 Å². The van der Waals surface area contributed by atoms with Crippen molar-refractivity contribution in [3.05, 3.63) is 29.3 Å².